The Hall–Kier alpha value is -3.38. The molecule has 134 valence electrons. The summed E-state index contributed by atoms with van der Waals surface area (Å²) in [6.45, 7) is 0. The molecule has 3 heterocycles. The molecule has 0 fully saturated rings. The van der Waals surface area contributed by atoms with Crippen LogP contribution in [0.4, 0.5) is 5.69 Å². The molecule has 7 heteroatoms. The normalized spacial score (nSPS) is 10.7. The zero-order valence-corrected chi connectivity index (χ0v) is 15.1. The fourth-order valence-corrected chi connectivity index (χ4v) is 3.05. The molecular formula is C20H15ClN4O2. The van der Waals surface area contributed by atoms with E-state index in [1.54, 1.807) is 36.8 Å². The van der Waals surface area contributed by atoms with Crippen molar-refractivity contribution in [1.29, 1.82) is 0 Å². The van der Waals surface area contributed by atoms with E-state index in [4.69, 9.17) is 16.3 Å². The molecule has 0 spiro atoms. The van der Waals surface area contributed by atoms with Crippen LogP contribution < -0.4 is 10.1 Å². The third-order valence-electron chi connectivity index (χ3n) is 4.17. The number of nitrogens with one attached hydrogen (secondary N) is 2. The Kier molecular flexibility index (Phi) is 4.48. The number of carbonyl (C=O) groups excluding carboxylic acids is 1. The minimum atomic E-state index is -0.303. The smallest absolute Gasteiger partial charge is 0.259 e. The zero-order valence-electron chi connectivity index (χ0n) is 14.4. The molecule has 0 radical (unpaired) electrons. The quantitative estimate of drug-likeness (QED) is 0.546. The molecule has 6 nitrogen and oxygen atoms in total. The number of halogens is 1. The van der Waals surface area contributed by atoms with E-state index in [0.29, 0.717) is 22.0 Å². The maximum absolute atomic E-state index is 12.7. The summed E-state index contributed by atoms with van der Waals surface area (Å²) in [5, 5.41) is 4.25. The van der Waals surface area contributed by atoms with Crippen molar-refractivity contribution >= 4 is 34.2 Å². The highest BCUT2D eigenvalue weighted by atomic mass is 35.5. The number of nitrogens with zero attached hydrogens (tertiary/aromatic N) is 2. The number of aromatic nitrogens is 3. The second kappa shape index (κ2) is 7.09. The van der Waals surface area contributed by atoms with Gasteiger partial charge in [0.2, 0.25) is 0 Å². The van der Waals surface area contributed by atoms with Gasteiger partial charge in [0.1, 0.15) is 11.4 Å². The largest absolute Gasteiger partial charge is 0.496 e. The fraction of sp³-hybridized carbons (Fsp3) is 0.0500. The molecule has 0 aliphatic rings. The predicted molar refractivity (Wildman–Crippen MR) is 105 cm³/mol. The van der Waals surface area contributed by atoms with Gasteiger partial charge in [-0.1, -0.05) is 17.7 Å². The van der Waals surface area contributed by atoms with E-state index in [9.17, 15) is 4.79 Å². The van der Waals surface area contributed by atoms with Gasteiger partial charge < -0.3 is 15.0 Å². The molecule has 4 aromatic rings. The zero-order chi connectivity index (χ0) is 18.8. The monoisotopic (exact) mass is 378 g/mol. The lowest BCUT2D eigenvalue weighted by Crippen LogP contribution is -2.13. The minimum Gasteiger partial charge on any atom is -0.496 e. The van der Waals surface area contributed by atoms with Crippen LogP contribution in [0.15, 0.2) is 61.2 Å². The van der Waals surface area contributed by atoms with Crippen molar-refractivity contribution in [2.75, 3.05) is 12.4 Å². The molecule has 1 amide bonds. The van der Waals surface area contributed by atoms with Crippen molar-refractivity contribution in [3.8, 4) is 16.9 Å². The second-order valence-electron chi connectivity index (χ2n) is 5.86. The SMILES string of the molecule is COc1cc(Cl)ccc1C(=O)Nc1cnc2[nH]cc(-c3cccnc3)c2c1. The van der Waals surface area contributed by atoms with E-state index in [1.165, 1.54) is 7.11 Å². The topological polar surface area (TPSA) is 79.9 Å². The molecule has 2 N–H and O–H groups in total. The number of hydrogen-bond acceptors (Lipinski definition) is 4. The van der Waals surface area contributed by atoms with Crippen molar-refractivity contribution in [2.24, 2.45) is 0 Å². The number of methoxy groups -OCH3 is 1. The average molecular weight is 379 g/mol. The van der Waals surface area contributed by atoms with Crippen LogP contribution in [0.1, 0.15) is 10.4 Å². The number of H-pyrrole nitrogens is 1. The summed E-state index contributed by atoms with van der Waals surface area (Å²) in [6, 6.07) is 10.6. The number of ether oxygens (including phenoxy) is 1. The van der Waals surface area contributed by atoms with Gasteiger partial charge in [-0.15, -0.1) is 0 Å². The molecule has 0 atom stereocenters. The number of anilines is 1. The molecule has 27 heavy (non-hydrogen) atoms. The Labute approximate surface area is 160 Å². The Bertz CT molecular complexity index is 1130. The van der Waals surface area contributed by atoms with Crippen molar-refractivity contribution in [3.05, 3.63) is 71.8 Å². The lowest BCUT2D eigenvalue weighted by molar-refractivity contribution is 0.102. The third kappa shape index (κ3) is 3.35. The molecule has 0 unspecified atom stereocenters. The van der Waals surface area contributed by atoms with Crippen LogP contribution in [-0.2, 0) is 0 Å². The number of aromatic amines is 1. The molecule has 3 aromatic heterocycles. The van der Waals surface area contributed by atoms with Crippen molar-refractivity contribution in [2.45, 2.75) is 0 Å². The van der Waals surface area contributed by atoms with E-state index >= 15 is 0 Å². The summed E-state index contributed by atoms with van der Waals surface area (Å²) in [4.78, 5) is 24.3. The summed E-state index contributed by atoms with van der Waals surface area (Å²) in [7, 11) is 1.50. The fourth-order valence-electron chi connectivity index (χ4n) is 2.88. The van der Waals surface area contributed by atoms with Gasteiger partial charge in [0.05, 0.1) is 24.6 Å². The van der Waals surface area contributed by atoms with Gasteiger partial charge in [-0.25, -0.2) is 4.98 Å². The summed E-state index contributed by atoms with van der Waals surface area (Å²) in [5.41, 5.74) is 3.63. The van der Waals surface area contributed by atoms with Crippen LogP contribution in [0.2, 0.25) is 5.02 Å². The Balaban J connectivity index is 1.68. The van der Waals surface area contributed by atoms with Crippen LogP contribution >= 0.6 is 11.6 Å². The van der Waals surface area contributed by atoms with Gasteiger partial charge in [-0.2, -0.15) is 0 Å². The van der Waals surface area contributed by atoms with Gasteiger partial charge in [0.25, 0.3) is 5.91 Å². The molecular weight excluding hydrogens is 364 g/mol. The average Bonchev–Trinajstić information content (AvgIpc) is 3.11. The first-order valence-corrected chi connectivity index (χ1v) is 8.56. The van der Waals surface area contributed by atoms with Gasteiger partial charge in [0.15, 0.2) is 0 Å². The molecule has 0 aliphatic heterocycles. The van der Waals surface area contributed by atoms with Crippen molar-refractivity contribution in [1.82, 2.24) is 15.0 Å². The number of carbonyl (C=O) groups is 1. The Morgan fingerprint density at radius 2 is 2.11 bits per heavy atom. The highest BCUT2D eigenvalue weighted by Crippen LogP contribution is 2.29. The molecule has 0 saturated carbocycles. The highest BCUT2D eigenvalue weighted by molar-refractivity contribution is 6.31. The standard InChI is InChI=1S/C20H15ClN4O2/c1-27-18-7-13(21)4-5-15(18)20(26)25-14-8-16-17(11-24-19(16)23-10-14)12-3-2-6-22-9-12/h2-11H,1H3,(H,23,24)(H,25,26). The van der Waals surface area contributed by atoms with E-state index in [1.807, 2.05) is 24.4 Å². The number of hydrogen-bond donors (Lipinski definition) is 2. The van der Waals surface area contributed by atoms with Gasteiger partial charge in [-0.3, -0.25) is 9.78 Å². The van der Waals surface area contributed by atoms with E-state index in [-0.39, 0.29) is 5.91 Å². The van der Waals surface area contributed by atoms with Crippen molar-refractivity contribution < 1.29 is 9.53 Å². The first-order chi connectivity index (χ1) is 13.2. The van der Waals surface area contributed by atoms with Crippen LogP contribution in [0.3, 0.4) is 0 Å². The number of rotatable bonds is 4. The number of fused-ring (bicyclic) bond motifs is 1. The predicted octanol–water partition coefficient (Wildman–Crippen LogP) is 4.54. The molecule has 0 bridgehead atoms. The Morgan fingerprint density at radius 3 is 2.89 bits per heavy atom. The van der Waals surface area contributed by atoms with Crippen LogP contribution in [0.5, 0.6) is 5.75 Å². The molecule has 4 rings (SSSR count). The molecule has 0 saturated heterocycles. The maximum atomic E-state index is 12.7. The summed E-state index contributed by atoms with van der Waals surface area (Å²) in [6.07, 6.45) is 6.99. The summed E-state index contributed by atoms with van der Waals surface area (Å²) in [5.74, 6) is 0.106. The molecule has 0 aliphatic carbocycles. The van der Waals surface area contributed by atoms with Gasteiger partial charge in [0, 0.05) is 40.1 Å². The van der Waals surface area contributed by atoms with Crippen LogP contribution in [0.25, 0.3) is 22.2 Å². The maximum Gasteiger partial charge on any atom is 0.259 e. The van der Waals surface area contributed by atoms with Crippen molar-refractivity contribution in [3.63, 3.8) is 0 Å². The van der Waals surface area contributed by atoms with E-state index < -0.39 is 0 Å². The third-order valence-corrected chi connectivity index (χ3v) is 4.40. The van der Waals surface area contributed by atoms with Gasteiger partial charge in [-0.05, 0) is 30.3 Å². The number of amides is 1. The summed E-state index contributed by atoms with van der Waals surface area (Å²) < 4.78 is 5.25. The highest BCUT2D eigenvalue weighted by Gasteiger charge is 2.14. The minimum absolute atomic E-state index is 0.303. The first-order valence-electron chi connectivity index (χ1n) is 8.18. The first kappa shape index (κ1) is 17.1. The van der Waals surface area contributed by atoms with Crippen LogP contribution in [0, 0.1) is 0 Å². The van der Waals surface area contributed by atoms with Gasteiger partial charge >= 0.3 is 0 Å². The lowest BCUT2D eigenvalue weighted by atomic mass is 10.1. The van der Waals surface area contributed by atoms with E-state index in [2.05, 4.69) is 20.3 Å². The van der Waals surface area contributed by atoms with E-state index in [0.717, 1.165) is 22.2 Å². The number of pyridine rings is 2. The summed E-state index contributed by atoms with van der Waals surface area (Å²) >= 11 is 5.96. The number of benzene rings is 1. The molecule has 1 aromatic carbocycles. The van der Waals surface area contributed by atoms with Crippen LogP contribution in [-0.4, -0.2) is 28.0 Å². The Morgan fingerprint density at radius 1 is 1.22 bits per heavy atom. The lowest BCUT2D eigenvalue weighted by Gasteiger charge is -2.10. The second-order valence-corrected chi connectivity index (χ2v) is 6.30.